The number of nitrogens with zero attached hydrogens (tertiary/aromatic N) is 1. The fraction of sp³-hybridized carbons (Fsp3) is 0.160. The Morgan fingerprint density at radius 1 is 0.569 bits per heavy atom. The Labute approximate surface area is 302 Å². The Bertz CT molecular complexity index is 2560. The molecule has 3 aliphatic carbocycles. The molecular formula is C50H45N. The van der Waals surface area contributed by atoms with Crippen molar-refractivity contribution in [2.24, 2.45) is 5.92 Å². The van der Waals surface area contributed by atoms with Gasteiger partial charge in [-0.2, -0.15) is 0 Å². The number of aromatic nitrogens is 1. The van der Waals surface area contributed by atoms with E-state index in [0.29, 0.717) is 5.92 Å². The van der Waals surface area contributed by atoms with Crippen LogP contribution in [-0.2, 0) is 5.41 Å². The third-order valence-corrected chi connectivity index (χ3v) is 10.8. The van der Waals surface area contributed by atoms with Crippen molar-refractivity contribution in [1.82, 2.24) is 4.57 Å². The van der Waals surface area contributed by atoms with E-state index >= 15 is 0 Å². The van der Waals surface area contributed by atoms with Crippen molar-refractivity contribution in [1.29, 1.82) is 0 Å². The van der Waals surface area contributed by atoms with Crippen LogP contribution in [-0.4, -0.2) is 4.57 Å². The lowest BCUT2D eigenvalue weighted by molar-refractivity contribution is 0.660. The van der Waals surface area contributed by atoms with Crippen molar-refractivity contribution in [3.8, 4) is 16.8 Å². The smallest absolute Gasteiger partial charge is 0.0543 e. The number of para-hydroxylation sites is 1. The van der Waals surface area contributed by atoms with Crippen LogP contribution in [0.2, 0.25) is 0 Å². The normalized spacial score (nSPS) is 16.3. The highest BCUT2D eigenvalue weighted by molar-refractivity contribution is 6.09. The van der Waals surface area contributed by atoms with Gasteiger partial charge in [0.1, 0.15) is 0 Å². The van der Waals surface area contributed by atoms with E-state index in [1.165, 1.54) is 89.2 Å². The summed E-state index contributed by atoms with van der Waals surface area (Å²) in [5.74, 6) is 0.657. The van der Waals surface area contributed by atoms with E-state index in [1.54, 1.807) is 0 Å². The highest BCUT2D eigenvalue weighted by Crippen LogP contribution is 2.48. The summed E-state index contributed by atoms with van der Waals surface area (Å²) in [6, 6.07) is 46.2. The van der Waals surface area contributed by atoms with Crippen LogP contribution in [0.15, 0.2) is 175 Å². The fourth-order valence-corrected chi connectivity index (χ4v) is 8.13. The molecule has 1 heterocycles. The Morgan fingerprint density at radius 2 is 1.27 bits per heavy atom. The van der Waals surface area contributed by atoms with E-state index in [9.17, 15) is 0 Å². The number of aryl methyl sites for hydroxylation is 2. The summed E-state index contributed by atoms with van der Waals surface area (Å²) in [5.41, 5.74) is 15.2. The lowest BCUT2D eigenvalue weighted by Gasteiger charge is -2.21. The van der Waals surface area contributed by atoms with Gasteiger partial charge in [-0.25, -0.2) is 0 Å². The van der Waals surface area contributed by atoms with Gasteiger partial charge in [0.05, 0.1) is 11.0 Å². The highest BCUT2D eigenvalue weighted by atomic mass is 15.0. The average molecular weight is 660 g/mol. The predicted octanol–water partition coefficient (Wildman–Crippen LogP) is 13.6. The van der Waals surface area contributed by atoms with Gasteiger partial charge in [-0.1, -0.05) is 165 Å². The molecule has 0 radical (unpaired) electrons. The van der Waals surface area contributed by atoms with E-state index in [1.807, 2.05) is 0 Å². The minimum Gasteiger partial charge on any atom is -0.309 e. The standard InChI is InChI=1S/C23H17N.C16H16.C11H12/c1-16-10-13-21-20-8-4-5-9-22(20)24(23(21)14-16)19-12-11-17-6-2-3-7-18(17)15-19;1-11-8-9-15-13(10-11)12-6-4-5-7-14(12)16(15,2)3;1-9-6-7-10-4-2-3-5-11(10)8-9/h2-15H,1H3;4-10H,1-3H3;2-7,11H,8H2,1H3. The molecule has 6 aromatic carbocycles. The maximum absolute atomic E-state index is 2.38. The Hall–Kier alpha value is -5.66. The van der Waals surface area contributed by atoms with Crippen LogP contribution in [0.3, 0.4) is 0 Å². The molecule has 51 heavy (non-hydrogen) atoms. The van der Waals surface area contributed by atoms with E-state index in [2.05, 4.69) is 203 Å². The van der Waals surface area contributed by atoms with Gasteiger partial charge >= 0.3 is 0 Å². The SMILES string of the molecule is CC1=CC=C2C=CC=CC2C1.Cc1ccc2c(c1)-c1ccccc1C2(C)C.Cc1ccc2c3ccccc3n(-c3ccc4ccccc4c3)c2c1. The molecule has 0 bridgehead atoms. The van der Waals surface area contributed by atoms with Gasteiger partial charge in [-0.3, -0.25) is 0 Å². The minimum absolute atomic E-state index is 0.152. The van der Waals surface area contributed by atoms with Crippen molar-refractivity contribution >= 4 is 32.6 Å². The Balaban J connectivity index is 0.000000119. The van der Waals surface area contributed by atoms with Gasteiger partial charge in [-0.05, 0) is 95.6 Å². The molecule has 1 heteroatoms. The van der Waals surface area contributed by atoms with Crippen LogP contribution in [0.1, 0.15) is 49.4 Å². The highest BCUT2D eigenvalue weighted by Gasteiger charge is 2.34. The minimum atomic E-state index is 0.152. The van der Waals surface area contributed by atoms with Crippen LogP contribution in [0.5, 0.6) is 0 Å². The third kappa shape index (κ3) is 6.08. The summed E-state index contributed by atoms with van der Waals surface area (Å²) >= 11 is 0. The first-order valence-corrected chi connectivity index (χ1v) is 18.2. The number of hydrogen-bond donors (Lipinski definition) is 0. The second kappa shape index (κ2) is 13.2. The summed E-state index contributed by atoms with van der Waals surface area (Å²) in [6.07, 6.45) is 14.4. The average Bonchev–Trinajstić information content (AvgIpc) is 3.59. The zero-order chi connectivity index (χ0) is 35.1. The van der Waals surface area contributed by atoms with Gasteiger partial charge < -0.3 is 4.57 Å². The molecule has 0 saturated heterocycles. The summed E-state index contributed by atoms with van der Waals surface area (Å²) in [5, 5.41) is 5.16. The maximum atomic E-state index is 2.38. The summed E-state index contributed by atoms with van der Waals surface area (Å²) in [4.78, 5) is 0. The number of hydrogen-bond acceptors (Lipinski definition) is 0. The molecule has 0 N–H and O–H groups in total. The zero-order valence-corrected chi connectivity index (χ0v) is 30.3. The molecule has 250 valence electrons. The second-order valence-electron chi connectivity index (χ2n) is 14.9. The monoisotopic (exact) mass is 659 g/mol. The molecule has 10 rings (SSSR count). The van der Waals surface area contributed by atoms with Crippen molar-refractivity contribution in [2.75, 3.05) is 0 Å². The molecular weight excluding hydrogens is 615 g/mol. The first-order chi connectivity index (χ1) is 24.8. The van der Waals surface area contributed by atoms with Crippen molar-refractivity contribution in [3.05, 3.63) is 197 Å². The third-order valence-electron chi connectivity index (χ3n) is 10.8. The van der Waals surface area contributed by atoms with Gasteiger partial charge in [0.2, 0.25) is 0 Å². The summed E-state index contributed by atoms with van der Waals surface area (Å²) in [7, 11) is 0. The number of allylic oxidation sites excluding steroid dienone is 8. The van der Waals surface area contributed by atoms with E-state index in [4.69, 9.17) is 0 Å². The Kier molecular flexibility index (Phi) is 8.44. The molecule has 1 nitrogen and oxygen atoms in total. The van der Waals surface area contributed by atoms with Crippen molar-refractivity contribution in [2.45, 2.75) is 46.5 Å². The molecule has 0 spiro atoms. The van der Waals surface area contributed by atoms with Crippen LogP contribution in [0.25, 0.3) is 49.4 Å². The molecule has 0 saturated carbocycles. The quantitative estimate of drug-likeness (QED) is 0.165. The first-order valence-electron chi connectivity index (χ1n) is 18.2. The van der Waals surface area contributed by atoms with Gasteiger partial charge in [-0.15, -0.1) is 0 Å². The number of benzene rings is 6. The lowest BCUT2D eigenvalue weighted by atomic mass is 9.82. The van der Waals surface area contributed by atoms with Crippen LogP contribution >= 0.6 is 0 Å². The first kappa shape index (κ1) is 32.5. The largest absolute Gasteiger partial charge is 0.309 e. The zero-order valence-electron chi connectivity index (χ0n) is 30.3. The molecule has 1 atom stereocenters. The summed E-state index contributed by atoms with van der Waals surface area (Å²) < 4.78 is 2.38. The fourth-order valence-electron chi connectivity index (χ4n) is 8.13. The topological polar surface area (TPSA) is 4.93 Å². The van der Waals surface area contributed by atoms with E-state index < -0.39 is 0 Å². The van der Waals surface area contributed by atoms with Gasteiger partial charge in [0, 0.05) is 27.8 Å². The van der Waals surface area contributed by atoms with E-state index in [-0.39, 0.29) is 5.41 Å². The molecule has 1 unspecified atom stereocenters. The molecule has 7 aromatic rings. The van der Waals surface area contributed by atoms with Crippen LogP contribution in [0.4, 0.5) is 0 Å². The van der Waals surface area contributed by atoms with Gasteiger partial charge in [0.15, 0.2) is 0 Å². The second-order valence-corrected chi connectivity index (χ2v) is 14.9. The maximum Gasteiger partial charge on any atom is 0.0543 e. The van der Waals surface area contributed by atoms with E-state index in [0.717, 1.165) is 0 Å². The molecule has 0 amide bonds. The van der Waals surface area contributed by atoms with Crippen molar-refractivity contribution in [3.63, 3.8) is 0 Å². The van der Waals surface area contributed by atoms with Crippen LogP contribution < -0.4 is 0 Å². The number of fused-ring (bicyclic) bond motifs is 8. The van der Waals surface area contributed by atoms with Crippen molar-refractivity contribution < 1.29 is 0 Å². The molecule has 3 aliphatic rings. The molecule has 0 fully saturated rings. The van der Waals surface area contributed by atoms with Crippen LogP contribution in [0, 0.1) is 19.8 Å². The summed E-state index contributed by atoms with van der Waals surface area (Å²) in [6.45, 7) is 11.1. The molecule has 0 aliphatic heterocycles. The Morgan fingerprint density at radius 3 is 2.16 bits per heavy atom. The molecule has 1 aromatic heterocycles. The van der Waals surface area contributed by atoms with Gasteiger partial charge in [0.25, 0.3) is 0 Å². The lowest BCUT2D eigenvalue weighted by Crippen LogP contribution is -2.14. The predicted molar refractivity (Wildman–Crippen MR) is 220 cm³/mol. The number of rotatable bonds is 1.